The lowest BCUT2D eigenvalue weighted by atomic mass is 9.88. The molecule has 2 heteroatoms. The van der Waals surface area contributed by atoms with Crippen molar-refractivity contribution in [1.82, 2.24) is 0 Å². The second-order valence-electron chi connectivity index (χ2n) is 5.80. The van der Waals surface area contributed by atoms with Crippen molar-refractivity contribution in [1.29, 1.82) is 0 Å². The number of aryl methyl sites for hydroxylation is 1. The van der Waals surface area contributed by atoms with Gasteiger partial charge < -0.3 is 9.64 Å². The van der Waals surface area contributed by atoms with Crippen LogP contribution in [0.2, 0.25) is 0 Å². The van der Waals surface area contributed by atoms with E-state index in [1.165, 1.54) is 54.7 Å². The van der Waals surface area contributed by atoms with E-state index in [0.29, 0.717) is 0 Å². The molecule has 0 saturated heterocycles. The summed E-state index contributed by atoms with van der Waals surface area (Å²) in [7, 11) is 0. The van der Waals surface area contributed by atoms with E-state index in [1.807, 2.05) is 6.08 Å². The molecule has 1 aromatic rings. The fourth-order valence-electron chi connectivity index (χ4n) is 3.69. The average molecular weight is 265 g/mol. The molecule has 1 aromatic carbocycles. The summed E-state index contributed by atoms with van der Waals surface area (Å²) in [4.78, 5) is 2.54. The Morgan fingerprint density at radius 2 is 2.00 bits per heavy atom. The summed E-state index contributed by atoms with van der Waals surface area (Å²) in [6.07, 6.45) is 8.77. The highest BCUT2D eigenvalue weighted by Gasteiger charge is 2.29. The summed E-state index contributed by atoms with van der Waals surface area (Å²) in [5.74, 6) is 1.75. The molecule has 3 heterocycles. The van der Waals surface area contributed by atoms with Crippen LogP contribution in [0.15, 0.2) is 36.6 Å². The molecular weight excluding hydrogens is 246 g/mol. The van der Waals surface area contributed by atoms with Crippen molar-refractivity contribution in [2.45, 2.75) is 25.7 Å². The largest absolute Gasteiger partial charge is 0.456 e. The number of nitrogens with zero attached hydrogens (tertiary/aromatic N) is 1. The SMILES string of the molecule is C=CC1=Cc2cc3c4c(c2OC1=C)CCCN4CCC3. The van der Waals surface area contributed by atoms with Crippen LogP contribution in [0.5, 0.6) is 5.75 Å². The standard InChI is InChI=1S/C18H19NO/c1-3-13-10-15-11-14-6-4-8-19-9-5-7-16(17(14)19)18(15)20-12(13)2/h3,10-11H,1-2,4-9H2. The lowest BCUT2D eigenvalue weighted by molar-refractivity contribution is 0.427. The number of hydrogen-bond donors (Lipinski definition) is 0. The maximum Gasteiger partial charge on any atom is 0.139 e. The van der Waals surface area contributed by atoms with Crippen LogP contribution >= 0.6 is 0 Å². The van der Waals surface area contributed by atoms with Crippen LogP contribution in [0.3, 0.4) is 0 Å². The summed E-state index contributed by atoms with van der Waals surface area (Å²) in [6, 6.07) is 2.31. The van der Waals surface area contributed by atoms with Gasteiger partial charge in [0, 0.05) is 35.5 Å². The smallest absolute Gasteiger partial charge is 0.139 e. The Morgan fingerprint density at radius 1 is 1.20 bits per heavy atom. The lowest BCUT2D eigenvalue weighted by Crippen LogP contribution is -2.35. The Kier molecular flexibility index (Phi) is 2.53. The van der Waals surface area contributed by atoms with Crippen LogP contribution in [0.1, 0.15) is 29.5 Å². The van der Waals surface area contributed by atoms with Gasteiger partial charge in [-0.25, -0.2) is 0 Å². The third-order valence-electron chi connectivity index (χ3n) is 4.58. The minimum Gasteiger partial charge on any atom is -0.456 e. The molecule has 0 spiro atoms. The van der Waals surface area contributed by atoms with E-state index in [2.05, 4.69) is 30.2 Å². The number of anilines is 1. The summed E-state index contributed by atoms with van der Waals surface area (Å²) >= 11 is 0. The zero-order valence-electron chi connectivity index (χ0n) is 11.7. The molecule has 0 unspecified atom stereocenters. The molecule has 20 heavy (non-hydrogen) atoms. The van der Waals surface area contributed by atoms with Crippen molar-refractivity contribution in [2.24, 2.45) is 0 Å². The third-order valence-corrected chi connectivity index (χ3v) is 4.58. The molecule has 0 fully saturated rings. The lowest BCUT2D eigenvalue weighted by Gasteiger charge is -2.38. The first-order valence-corrected chi connectivity index (χ1v) is 7.43. The van der Waals surface area contributed by atoms with Crippen molar-refractivity contribution >= 4 is 11.8 Å². The molecule has 0 atom stereocenters. The molecule has 0 amide bonds. The highest BCUT2D eigenvalue weighted by atomic mass is 16.5. The predicted octanol–water partition coefficient (Wildman–Crippen LogP) is 3.86. The Morgan fingerprint density at radius 3 is 2.80 bits per heavy atom. The Balaban J connectivity index is 1.97. The number of benzene rings is 1. The van der Waals surface area contributed by atoms with Gasteiger partial charge in [0.05, 0.1) is 0 Å². The van der Waals surface area contributed by atoms with Crippen molar-refractivity contribution in [2.75, 3.05) is 18.0 Å². The molecule has 3 aliphatic heterocycles. The first kappa shape index (κ1) is 11.8. The normalized spacial score (nSPS) is 19.7. The first-order valence-electron chi connectivity index (χ1n) is 7.43. The summed E-state index contributed by atoms with van der Waals surface area (Å²) in [6.45, 7) is 10.2. The first-order chi connectivity index (χ1) is 9.78. The van der Waals surface area contributed by atoms with Gasteiger partial charge in [-0.05, 0) is 43.4 Å². The topological polar surface area (TPSA) is 12.5 Å². The summed E-state index contributed by atoms with van der Waals surface area (Å²) in [5.41, 5.74) is 6.52. The van der Waals surface area contributed by atoms with Gasteiger partial charge in [-0.2, -0.15) is 0 Å². The summed E-state index contributed by atoms with van der Waals surface area (Å²) in [5, 5.41) is 0. The fraction of sp³-hybridized carbons (Fsp3) is 0.333. The average Bonchev–Trinajstić information content (AvgIpc) is 2.48. The molecule has 0 radical (unpaired) electrons. The predicted molar refractivity (Wildman–Crippen MR) is 83.2 cm³/mol. The van der Waals surface area contributed by atoms with Gasteiger partial charge in [0.2, 0.25) is 0 Å². The maximum absolute atomic E-state index is 6.04. The van der Waals surface area contributed by atoms with E-state index in [-0.39, 0.29) is 0 Å². The summed E-state index contributed by atoms with van der Waals surface area (Å²) < 4.78 is 6.04. The number of hydrogen-bond acceptors (Lipinski definition) is 2. The number of ether oxygens (including phenoxy) is 1. The van der Waals surface area contributed by atoms with E-state index in [0.717, 1.165) is 23.5 Å². The van der Waals surface area contributed by atoms with Crippen molar-refractivity contribution in [3.8, 4) is 5.75 Å². The fourth-order valence-corrected chi connectivity index (χ4v) is 3.69. The minimum atomic E-state index is 0.719. The molecule has 0 bridgehead atoms. The van der Waals surface area contributed by atoms with Gasteiger partial charge in [0.1, 0.15) is 11.5 Å². The molecule has 0 aliphatic carbocycles. The molecular formula is C18H19NO. The highest BCUT2D eigenvalue weighted by molar-refractivity contribution is 5.78. The van der Waals surface area contributed by atoms with Gasteiger partial charge in [-0.1, -0.05) is 19.2 Å². The second kappa shape index (κ2) is 4.27. The van der Waals surface area contributed by atoms with E-state index in [9.17, 15) is 0 Å². The molecule has 0 saturated carbocycles. The van der Waals surface area contributed by atoms with Crippen LogP contribution in [-0.2, 0) is 12.8 Å². The van der Waals surface area contributed by atoms with Gasteiger partial charge in [0.15, 0.2) is 0 Å². The number of fused-ring (bicyclic) bond motifs is 2. The Labute approximate surface area is 120 Å². The van der Waals surface area contributed by atoms with Crippen molar-refractivity contribution in [3.05, 3.63) is 53.3 Å². The maximum atomic E-state index is 6.04. The second-order valence-corrected chi connectivity index (χ2v) is 5.80. The molecule has 3 aliphatic rings. The quantitative estimate of drug-likeness (QED) is 0.764. The Hall–Kier alpha value is -1.96. The van der Waals surface area contributed by atoms with Crippen LogP contribution in [0.4, 0.5) is 5.69 Å². The molecule has 2 nitrogen and oxygen atoms in total. The zero-order chi connectivity index (χ0) is 13.7. The third kappa shape index (κ3) is 1.57. The molecule has 102 valence electrons. The number of allylic oxidation sites excluding steroid dienone is 1. The van der Waals surface area contributed by atoms with Crippen molar-refractivity contribution < 1.29 is 4.74 Å². The van der Waals surface area contributed by atoms with Gasteiger partial charge >= 0.3 is 0 Å². The molecule has 0 N–H and O–H groups in total. The van der Waals surface area contributed by atoms with E-state index in [4.69, 9.17) is 4.74 Å². The zero-order valence-corrected chi connectivity index (χ0v) is 11.7. The van der Waals surface area contributed by atoms with E-state index in [1.54, 1.807) is 0 Å². The van der Waals surface area contributed by atoms with Crippen LogP contribution in [-0.4, -0.2) is 13.1 Å². The van der Waals surface area contributed by atoms with Crippen molar-refractivity contribution in [3.63, 3.8) is 0 Å². The monoisotopic (exact) mass is 265 g/mol. The van der Waals surface area contributed by atoms with Gasteiger partial charge in [-0.3, -0.25) is 0 Å². The van der Waals surface area contributed by atoms with Gasteiger partial charge in [-0.15, -0.1) is 0 Å². The van der Waals surface area contributed by atoms with E-state index >= 15 is 0 Å². The van der Waals surface area contributed by atoms with Gasteiger partial charge in [0.25, 0.3) is 0 Å². The molecule has 4 rings (SSSR count). The highest BCUT2D eigenvalue weighted by Crippen LogP contribution is 2.45. The Bertz CT molecular complexity index is 652. The van der Waals surface area contributed by atoms with Crippen LogP contribution < -0.4 is 9.64 Å². The minimum absolute atomic E-state index is 0.719. The molecule has 0 aromatic heterocycles. The number of rotatable bonds is 1. The van der Waals surface area contributed by atoms with Crippen LogP contribution in [0.25, 0.3) is 6.08 Å². The van der Waals surface area contributed by atoms with Crippen LogP contribution in [0, 0.1) is 0 Å². The van der Waals surface area contributed by atoms with E-state index < -0.39 is 0 Å².